The molecule has 0 amide bonds. The highest BCUT2D eigenvalue weighted by Gasteiger charge is 2.48. The molecule has 4 aromatic rings. The zero-order valence-electron chi connectivity index (χ0n) is 30.9. The van der Waals surface area contributed by atoms with Gasteiger partial charge in [-0.1, -0.05) is 55.3 Å². The Bertz CT molecular complexity index is 1890. The van der Waals surface area contributed by atoms with E-state index in [2.05, 4.69) is 22.4 Å². The van der Waals surface area contributed by atoms with Crippen LogP contribution in [0.1, 0.15) is 86.3 Å². The first-order valence-electron chi connectivity index (χ1n) is 19.6. The summed E-state index contributed by atoms with van der Waals surface area (Å²) in [5.74, 6) is 1.43. The number of aromatic nitrogens is 1. The molecular formula is C43H56N3O7+. The number of benzene rings is 3. The van der Waals surface area contributed by atoms with Crippen LogP contribution in [0.25, 0.3) is 10.9 Å². The molecular weight excluding hydrogens is 670 g/mol. The van der Waals surface area contributed by atoms with Gasteiger partial charge in [-0.3, -0.25) is 4.79 Å². The fourth-order valence-electron chi connectivity index (χ4n) is 9.31. The van der Waals surface area contributed by atoms with Crippen LogP contribution in [0.4, 0.5) is 0 Å². The standard InChI is InChI=1S/C43H55N3O7/c1-29(44-25-38(49)35-13-15-37(48)42-36(35)14-17-41(50)45-42)31-12-16-39(32(24-31)27-47)52-23-7-20-46-21-18-30(19-22-46)40(26-46)53-28-43(51,34-10-5-6-11-34)33-8-3-2-4-9-33/h2-4,8-9,12-17,24,29-30,34,38,40,44,47,49,51H,5-7,10-11,18-23,25-28H2,1H3,(H-,45,48,50)/p+1/t29-,30?,38+,40+,43?,46?/m1/s1. The van der Waals surface area contributed by atoms with Crippen LogP contribution < -0.4 is 15.6 Å². The topological polar surface area (TPSA) is 144 Å². The Hall–Kier alpha value is -3.77. The molecule has 0 spiro atoms. The predicted molar refractivity (Wildman–Crippen MR) is 205 cm³/mol. The van der Waals surface area contributed by atoms with E-state index in [0.717, 1.165) is 79.5 Å². The van der Waals surface area contributed by atoms with Crippen LogP contribution in [-0.2, 0) is 16.9 Å². The lowest BCUT2D eigenvalue weighted by molar-refractivity contribution is -0.946. The number of H-pyrrole nitrogens is 1. The van der Waals surface area contributed by atoms with Gasteiger partial charge in [0.1, 0.15) is 29.7 Å². The predicted octanol–water partition coefficient (Wildman–Crippen LogP) is 5.58. The number of aromatic hydroxyl groups is 1. The number of ether oxygens (including phenoxy) is 2. The largest absolute Gasteiger partial charge is 0.506 e. The number of piperidine rings is 3. The van der Waals surface area contributed by atoms with E-state index in [9.17, 15) is 25.2 Å². The van der Waals surface area contributed by atoms with Crippen LogP contribution in [-0.4, -0.2) is 81.9 Å². The lowest BCUT2D eigenvalue weighted by atomic mass is 9.80. The van der Waals surface area contributed by atoms with Crippen molar-refractivity contribution < 1.29 is 34.4 Å². The molecule has 10 nitrogen and oxygen atoms in total. The molecule has 3 aliphatic heterocycles. The minimum absolute atomic E-state index is 0.0457. The molecule has 3 aromatic carbocycles. The Morgan fingerprint density at radius 1 is 1.00 bits per heavy atom. The van der Waals surface area contributed by atoms with Gasteiger partial charge >= 0.3 is 0 Å². The van der Waals surface area contributed by atoms with Gasteiger partial charge in [-0.05, 0) is 66.6 Å². The summed E-state index contributed by atoms with van der Waals surface area (Å²) in [6.07, 6.45) is 6.94. The van der Waals surface area contributed by atoms with E-state index in [0.29, 0.717) is 41.3 Å². The summed E-state index contributed by atoms with van der Waals surface area (Å²) < 4.78 is 14.0. The molecule has 1 saturated carbocycles. The molecule has 53 heavy (non-hydrogen) atoms. The van der Waals surface area contributed by atoms with Crippen LogP contribution in [0.15, 0.2) is 77.6 Å². The molecule has 4 aliphatic rings. The van der Waals surface area contributed by atoms with Gasteiger partial charge in [-0.25, -0.2) is 0 Å². The van der Waals surface area contributed by atoms with Crippen molar-refractivity contribution in [3.05, 3.63) is 105 Å². The molecule has 4 heterocycles. The highest BCUT2D eigenvalue weighted by atomic mass is 16.5. The molecule has 4 atom stereocenters. The third-order valence-electron chi connectivity index (χ3n) is 12.5. The number of aromatic amines is 1. The second-order valence-electron chi connectivity index (χ2n) is 15.8. The van der Waals surface area contributed by atoms with Crippen LogP contribution in [0.5, 0.6) is 11.5 Å². The number of hydrogen-bond acceptors (Lipinski definition) is 8. The van der Waals surface area contributed by atoms with Gasteiger partial charge in [0.15, 0.2) is 0 Å². The summed E-state index contributed by atoms with van der Waals surface area (Å²) in [5.41, 5.74) is 2.30. The number of phenolic OH excluding ortho intramolecular Hbond substituents is 1. The third kappa shape index (κ3) is 8.18. The number of rotatable bonds is 16. The lowest BCUT2D eigenvalue weighted by Gasteiger charge is -2.53. The van der Waals surface area contributed by atoms with Crippen molar-refractivity contribution in [3.63, 3.8) is 0 Å². The number of pyridine rings is 1. The fraction of sp³-hybridized carbons (Fsp3) is 0.512. The molecule has 3 saturated heterocycles. The highest BCUT2D eigenvalue weighted by Crippen LogP contribution is 2.43. The van der Waals surface area contributed by atoms with Crippen molar-refractivity contribution in [2.45, 2.75) is 82.3 Å². The number of nitrogens with zero attached hydrogens (tertiary/aromatic N) is 1. The summed E-state index contributed by atoms with van der Waals surface area (Å²) in [6, 6.07) is 22.0. The number of nitrogens with one attached hydrogen (secondary N) is 2. The number of quaternary nitrogens is 1. The van der Waals surface area contributed by atoms with Gasteiger partial charge in [0.05, 0.1) is 51.1 Å². The van der Waals surface area contributed by atoms with Crippen molar-refractivity contribution in [3.8, 4) is 11.5 Å². The van der Waals surface area contributed by atoms with Crippen molar-refractivity contribution >= 4 is 10.9 Å². The first-order chi connectivity index (χ1) is 25.7. The fourth-order valence-corrected chi connectivity index (χ4v) is 9.31. The second kappa shape index (κ2) is 16.3. The van der Waals surface area contributed by atoms with E-state index in [1.165, 1.54) is 25.0 Å². The molecule has 4 fully saturated rings. The molecule has 10 heteroatoms. The molecule has 0 radical (unpaired) electrons. The van der Waals surface area contributed by atoms with Crippen molar-refractivity contribution in [2.24, 2.45) is 11.8 Å². The second-order valence-corrected chi connectivity index (χ2v) is 15.8. The van der Waals surface area contributed by atoms with Gasteiger partial charge in [0, 0.05) is 54.8 Å². The number of aliphatic hydroxyl groups excluding tert-OH is 2. The normalized spacial score (nSPS) is 23.9. The first kappa shape index (κ1) is 37.5. The monoisotopic (exact) mass is 726 g/mol. The van der Waals surface area contributed by atoms with Gasteiger partial charge in [0.2, 0.25) is 5.56 Å². The Morgan fingerprint density at radius 3 is 2.53 bits per heavy atom. The maximum absolute atomic E-state index is 12.1. The summed E-state index contributed by atoms with van der Waals surface area (Å²) >= 11 is 0. The minimum atomic E-state index is -0.940. The molecule has 6 N–H and O–H groups in total. The minimum Gasteiger partial charge on any atom is -0.506 e. The maximum atomic E-state index is 12.1. The molecule has 1 aromatic heterocycles. The number of fused-ring (bicyclic) bond motifs is 4. The number of hydrogen-bond donors (Lipinski definition) is 6. The van der Waals surface area contributed by atoms with Crippen molar-refractivity contribution in [1.29, 1.82) is 0 Å². The van der Waals surface area contributed by atoms with Crippen molar-refractivity contribution in [2.75, 3.05) is 45.9 Å². The maximum Gasteiger partial charge on any atom is 0.248 e. The quantitative estimate of drug-likeness (QED) is 0.0649. The van der Waals surface area contributed by atoms with E-state index in [1.807, 2.05) is 43.3 Å². The molecule has 1 aliphatic carbocycles. The summed E-state index contributed by atoms with van der Waals surface area (Å²) in [7, 11) is 0. The van der Waals surface area contributed by atoms with E-state index in [-0.39, 0.29) is 42.5 Å². The number of phenols is 1. The Kier molecular flexibility index (Phi) is 11.5. The summed E-state index contributed by atoms with van der Waals surface area (Å²) in [5, 5.41) is 47.5. The van der Waals surface area contributed by atoms with Crippen LogP contribution in [0.2, 0.25) is 0 Å². The van der Waals surface area contributed by atoms with Gasteiger partial charge in [-0.2, -0.15) is 0 Å². The van der Waals surface area contributed by atoms with Crippen LogP contribution in [0, 0.1) is 11.8 Å². The van der Waals surface area contributed by atoms with E-state index in [1.54, 1.807) is 12.1 Å². The van der Waals surface area contributed by atoms with E-state index in [4.69, 9.17) is 9.47 Å². The zero-order chi connectivity index (χ0) is 37.0. The molecule has 284 valence electrons. The van der Waals surface area contributed by atoms with E-state index < -0.39 is 11.7 Å². The van der Waals surface area contributed by atoms with Gasteiger partial charge in [-0.15, -0.1) is 0 Å². The third-order valence-corrected chi connectivity index (χ3v) is 12.5. The molecule has 1 unspecified atom stereocenters. The Labute approximate surface area is 312 Å². The van der Waals surface area contributed by atoms with Crippen LogP contribution >= 0.6 is 0 Å². The number of aliphatic hydroxyl groups is 3. The van der Waals surface area contributed by atoms with Gasteiger partial charge < -0.3 is 44.7 Å². The smallest absolute Gasteiger partial charge is 0.248 e. The summed E-state index contributed by atoms with van der Waals surface area (Å²) in [4.78, 5) is 14.4. The van der Waals surface area contributed by atoms with Crippen molar-refractivity contribution in [1.82, 2.24) is 10.3 Å². The van der Waals surface area contributed by atoms with E-state index >= 15 is 0 Å². The zero-order valence-corrected chi connectivity index (χ0v) is 30.9. The average molecular weight is 727 g/mol. The van der Waals surface area contributed by atoms with Gasteiger partial charge in [0.25, 0.3) is 0 Å². The first-order valence-corrected chi connectivity index (χ1v) is 19.6. The Balaban J connectivity index is 0.909. The average Bonchev–Trinajstić information content (AvgIpc) is 3.75. The highest BCUT2D eigenvalue weighted by molar-refractivity contribution is 5.87. The molecule has 8 rings (SSSR count). The molecule has 2 bridgehead atoms. The SMILES string of the molecule is C[C@@H](NC[C@H](O)c1ccc(O)c2[nH]c(=O)ccc12)c1ccc(OCCC[N+]23CCC(CC2)[C@@H](OCC(O)(c2ccccc2)C2CCCC2)C3)c(CO)c1. The van der Waals surface area contributed by atoms with Crippen LogP contribution in [0.3, 0.4) is 0 Å². The summed E-state index contributed by atoms with van der Waals surface area (Å²) in [6.45, 7) is 7.34. The lowest BCUT2D eigenvalue weighted by Crippen LogP contribution is -2.65. The Morgan fingerprint density at radius 2 is 1.77 bits per heavy atom.